The highest BCUT2D eigenvalue weighted by atomic mass is 16.5. The van der Waals surface area contributed by atoms with E-state index in [-0.39, 0.29) is 18.3 Å². The number of carbonyl (C=O) groups is 2. The van der Waals surface area contributed by atoms with Crippen LogP contribution in [0, 0.1) is 13.8 Å². The van der Waals surface area contributed by atoms with E-state index in [1.54, 1.807) is 31.3 Å². The van der Waals surface area contributed by atoms with Crippen molar-refractivity contribution in [1.29, 1.82) is 0 Å². The zero-order chi connectivity index (χ0) is 18.4. The van der Waals surface area contributed by atoms with Crippen LogP contribution in [0.15, 0.2) is 28.8 Å². The monoisotopic (exact) mass is 346 g/mol. The minimum atomic E-state index is -0.345. The van der Waals surface area contributed by atoms with Crippen molar-refractivity contribution in [2.75, 3.05) is 20.7 Å². The number of nitrogens with zero attached hydrogens (tertiary/aromatic N) is 2. The number of esters is 1. The highest BCUT2D eigenvalue weighted by Gasteiger charge is 2.14. The zero-order valence-electron chi connectivity index (χ0n) is 14.9. The van der Waals surface area contributed by atoms with E-state index in [1.165, 1.54) is 12.0 Å². The van der Waals surface area contributed by atoms with Crippen LogP contribution in [0.25, 0.3) is 0 Å². The maximum Gasteiger partial charge on any atom is 0.307 e. The van der Waals surface area contributed by atoms with E-state index in [2.05, 4.69) is 9.89 Å². The van der Waals surface area contributed by atoms with Gasteiger partial charge in [-0.2, -0.15) is 0 Å². The minimum absolute atomic E-state index is 0.164. The molecule has 0 aliphatic rings. The first-order valence-corrected chi connectivity index (χ1v) is 7.89. The van der Waals surface area contributed by atoms with Crippen LogP contribution >= 0.6 is 0 Å². The Hall–Kier alpha value is -2.83. The number of benzene rings is 1. The molecular formula is C18H22N2O5. The molecule has 0 aliphatic carbocycles. The molecule has 0 unspecified atom stereocenters. The molecule has 1 heterocycles. The highest BCUT2D eigenvalue weighted by Crippen LogP contribution is 2.18. The topological polar surface area (TPSA) is 81.9 Å². The van der Waals surface area contributed by atoms with Gasteiger partial charge in [-0.05, 0) is 38.1 Å². The normalized spacial score (nSPS) is 10.4. The molecule has 1 aromatic carbocycles. The Balaban J connectivity index is 1.92. The van der Waals surface area contributed by atoms with Gasteiger partial charge in [-0.25, -0.2) is 0 Å². The molecule has 0 bridgehead atoms. The van der Waals surface area contributed by atoms with Gasteiger partial charge in [0.05, 0.1) is 24.8 Å². The lowest BCUT2D eigenvalue weighted by molar-refractivity contribution is -0.140. The molecule has 0 aliphatic heterocycles. The lowest BCUT2D eigenvalue weighted by atomic mass is 10.2. The van der Waals surface area contributed by atoms with Crippen LogP contribution in [0.5, 0.6) is 5.75 Å². The lowest BCUT2D eigenvalue weighted by Gasteiger charge is -2.16. The summed E-state index contributed by atoms with van der Waals surface area (Å²) in [6.07, 6.45) is 0.164. The molecule has 0 saturated carbocycles. The van der Waals surface area contributed by atoms with Gasteiger partial charge in [0, 0.05) is 19.2 Å². The Kier molecular flexibility index (Phi) is 6.16. The molecule has 0 spiro atoms. The van der Waals surface area contributed by atoms with Crippen LogP contribution < -0.4 is 4.74 Å². The van der Waals surface area contributed by atoms with Crippen molar-refractivity contribution < 1.29 is 23.6 Å². The third-order valence-electron chi connectivity index (χ3n) is 3.89. The van der Waals surface area contributed by atoms with Crippen LogP contribution in [0.1, 0.15) is 33.8 Å². The average Bonchev–Trinajstić information content (AvgIpc) is 2.95. The smallest absolute Gasteiger partial charge is 0.307 e. The Morgan fingerprint density at radius 2 is 1.88 bits per heavy atom. The van der Waals surface area contributed by atoms with Crippen molar-refractivity contribution in [3.05, 3.63) is 46.8 Å². The van der Waals surface area contributed by atoms with Crippen molar-refractivity contribution in [3.63, 3.8) is 0 Å². The van der Waals surface area contributed by atoms with Gasteiger partial charge in [0.2, 0.25) is 0 Å². The van der Waals surface area contributed by atoms with Gasteiger partial charge < -0.3 is 18.9 Å². The number of rotatable bonds is 7. The molecule has 7 nitrogen and oxygen atoms in total. The van der Waals surface area contributed by atoms with Crippen LogP contribution in [0.2, 0.25) is 0 Å². The Morgan fingerprint density at radius 1 is 1.20 bits per heavy atom. The third-order valence-corrected chi connectivity index (χ3v) is 3.89. The van der Waals surface area contributed by atoms with E-state index in [1.807, 2.05) is 13.8 Å². The summed E-state index contributed by atoms with van der Waals surface area (Å²) in [5.74, 6) is 0.870. The molecule has 1 amide bonds. The van der Waals surface area contributed by atoms with Crippen LogP contribution in [0.3, 0.4) is 0 Å². The second-order valence-electron chi connectivity index (χ2n) is 5.67. The van der Waals surface area contributed by atoms with E-state index in [9.17, 15) is 9.59 Å². The molecule has 134 valence electrons. The molecule has 0 N–H and O–H groups in total. The Bertz CT molecular complexity index is 717. The fraction of sp³-hybridized carbons (Fsp3) is 0.389. The molecule has 2 aromatic rings. The summed E-state index contributed by atoms with van der Waals surface area (Å²) < 4.78 is 15.4. The molecule has 7 heteroatoms. The molecule has 0 fully saturated rings. The van der Waals surface area contributed by atoms with Gasteiger partial charge >= 0.3 is 5.97 Å². The fourth-order valence-electron chi connectivity index (χ4n) is 2.24. The maximum absolute atomic E-state index is 12.3. The number of amides is 1. The third kappa shape index (κ3) is 4.82. The number of aromatic nitrogens is 1. The molecule has 0 atom stereocenters. The van der Waals surface area contributed by atoms with Crippen molar-refractivity contribution in [2.24, 2.45) is 0 Å². The summed E-state index contributed by atoms with van der Waals surface area (Å²) in [5, 5.41) is 3.88. The summed E-state index contributed by atoms with van der Waals surface area (Å²) in [4.78, 5) is 24.9. The molecule has 1 aromatic heterocycles. The van der Waals surface area contributed by atoms with Crippen LogP contribution in [-0.2, 0) is 16.1 Å². The first kappa shape index (κ1) is 18.5. The molecule has 25 heavy (non-hydrogen) atoms. The Morgan fingerprint density at radius 3 is 2.44 bits per heavy atom. The SMILES string of the molecule is COC(=O)CCN(C)C(=O)c1ccc(OCc2c(C)noc2C)cc1. The quantitative estimate of drug-likeness (QED) is 0.717. The fourth-order valence-corrected chi connectivity index (χ4v) is 2.24. The van der Waals surface area contributed by atoms with E-state index >= 15 is 0 Å². The summed E-state index contributed by atoms with van der Waals surface area (Å²) in [5.41, 5.74) is 2.25. The number of aryl methyl sites for hydroxylation is 2. The molecule has 0 saturated heterocycles. The molecule has 2 rings (SSSR count). The predicted octanol–water partition coefficient (Wildman–Crippen LogP) is 2.51. The predicted molar refractivity (Wildman–Crippen MR) is 90.3 cm³/mol. The first-order valence-electron chi connectivity index (χ1n) is 7.89. The maximum atomic E-state index is 12.3. The van der Waals surface area contributed by atoms with Gasteiger partial charge in [0.15, 0.2) is 0 Å². The van der Waals surface area contributed by atoms with Crippen molar-refractivity contribution in [2.45, 2.75) is 26.9 Å². The summed E-state index contributed by atoms with van der Waals surface area (Å²) in [6.45, 7) is 4.36. The molecular weight excluding hydrogens is 324 g/mol. The van der Waals surface area contributed by atoms with Gasteiger partial charge in [-0.15, -0.1) is 0 Å². The zero-order valence-corrected chi connectivity index (χ0v) is 14.9. The van der Waals surface area contributed by atoms with Crippen molar-refractivity contribution in [3.8, 4) is 5.75 Å². The standard InChI is InChI=1S/C18H22N2O5/c1-12-16(13(2)25-19-12)11-24-15-7-5-14(6-8-15)18(22)20(3)10-9-17(21)23-4/h5-8H,9-11H2,1-4H3. The van der Waals surface area contributed by atoms with E-state index in [0.29, 0.717) is 24.5 Å². The summed E-state index contributed by atoms with van der Waals surface area (Å²) in [6, 6.07) is 6.86. The minimum Gasteiger partial charge on any atom is -0.489 e. The van der Waals surface area contributed by atoms with Crippen molar-refractivity contribution >= 4 is 11.9 Å². The van der Waals surface area contributed by atoms with Gasteiger partial charge in [0.25, 0.3) is 5.91 Å². The first-order chi connectivity index (χ1) is 11.9. The molecule has 0 radical (unpaired) electrons. The van der Waals surface area contributed by atoms with E-state index in [4.69, 9.17) is 9.26 Å². The van der Waals surface area contributed by atoms with E-state index in [0.717, 1.165) is 17.0 Å². The lowest BCUT2D eigenvalue weighted by Crippen LogP contribution is -2.29. The van der Waals surface area contributed by atoms with Gasteiger partial charge in [0.1, 0.15) is 18.1 Å². The van der Waals surface area contributed by atoms with Crippen LogP contribution in [-0.4, -0.2) is 42.6 Å². The summed E-state index contributed by atoms with van der Waals surface area (Å²) >= 11 is 0. The van der Waals surface area contributed by atoms with E-state index < -0.39 is 0 Å². The number of ether oxygens (including phenoxy) is 2. The number of carbonyl (C=O) groups excluding carboxylic acids is 2. The largest absolute Gasteiger partial charge is 0.489 e. The number of hydrogen-bond acceptors (Lipinski definition) is 6. The summed E-state index contributed by atoms with van der Waals surface area (Å²) in [7, 11) is 2.97. The highest BCUT2D eigenvalue weighted by molar-refractivity contribution is 5.94. The average molecular weight is 346 g/mol. The number of hydrogen-bond donors (Lipinski definition) is 0. The van der Waals surface area contributed by atoms with Crippen molar-refractivity contribution in [1.82, 2.24) is 10.1 Å². The second kappa shape index (κ2) is 8.32. The number of methoxy groups -OCH3 is 1. The van der Waals surface area contributed by atoms with Crippen LogP contribution in [0.4, 0.5) is 0 Å². The van der Waals surface area contributed by atoms with Gasteiger partial charge in [-0.3, -0.25) is 9.59 Å². The Labute approximate surface area is 146 Å². The van der Waals surface area contributed by atoms with Gasteiger partial charge in [-0.1, -0.05) is 5.16 Å². The second-order valence-corrected chi connectivity index (χ2v) is 5.67.